The fraction of sp³-hybridized carbons (Fsp3) is 0.357. The normalized spacial score (nSPS) is 10.4. The van der Waals surface area contributed by atoms with E-state index in [9.17, 15) is 0 Å². The topological polar surface area (TPSA) is 65.1 Å². The van der Waals surface area contributed by atoms with Gasteiger partial charge in [0.15, 0.2) is 0 Å². The molecule has 0 bridgehead atoms. The number of hydrogen-bond acceptors (Lipinski definition) is 4. The zero-order valence-corrected chi connectivity index (χ0v) is 11.4. The third kappa shape index (κ3) is 3.19. The maximum absolute atomic E-state index is 6.05. The Morgan fingerprint density at radius 3 is 2.89 bits per heavy atom. The minimum atomic E-state index is 0.614. The van der Waals surface area contributed by atoms with Crippen LogP contribution in [-0.4, -0.2) is 22.9 Å². The Kier molecular flexibility index (Phi) is 4.28. The first kappa shape index (κ1) is 13.3. The first-order valence-corrected chi connectivity index (χ1v) is 6.44. The number of nitrogens with zero attached hydrogens (tertiary/aromatic N) is 2. The van der Waals surface area contributed by atoms with Gasteiger partial charge >= 0.3 is 0 Å². The lowest BCUT2D eigenvalue weighted by Gasteiger charge is -2.13. The van der Waals surface area contributed by atoms with E-state index in [0.29, 0.717) is 12.3 Å². The fourth-order valence-electron chi connectivity index (χ4n) is 1.95. The second-order valence-electron chi connectivity index (χ2n) is 4.27. The van der Waals surface area contributed by atoms with E-state index < -0.39 is 0 Å². The smallest absolute Gasteiger partial charge is 0.144 e. The molecule has 0 unspecified atom stereocenters. The van der Waals surface area contributed by atoms with Crippen molar-refractivity contribution >= 4 is 11.4 Å². The van der Waals surface area contributed by atoms with E-state index in [2.05, 4.69) is 10.4 Å². The molecule has 0 aliphatic heterocycles. The molecule has 0 radical (unpaired) electrons. The number of anilines is 2. The Morgan fingerprint density at radius 1 is 1.37 bits per heavy atom. The predicted octanol–water partition coefficient (Wildman–Crippen LogP) is 2.06. The lowest BCUT2D eigenvalue weighted by atomic mass is 10.2. The molecule has 102 valence electrons. The standard InChI is InChI=1S/C14H20N4O/c1-3-19-13-6-4-5-12(14(13)15)16-9-7-11-8-10-17-18(11)2/h4-6,8,10,16H,3,7,9,15H2,1-2H3. The first-order valence-electron chi connectivity index (χ1n) is 6.44. The van der Waals surface area contributed by atoms with Gasteiger partial charge in [0.25, 0.3) is 0 Å². The van der Waals surface area contributed by atoms with Crippen molar-refractivity contribution in [2.75, 3.05) is 24.2 Å². The van der Waals surface area contributed by atoms with Crippen molar-refractivity contribution in [3.8, 4) is 5.75 Å². The molecule has 5 heteroatoms. The molecule has 5 nitrogen and oxygen atoms in total. The number of ether oxygens (including phenoxy) is 1. The van der Waals surface area contributed by atoms with E-state index in [1.54, 1.807) is 6.20 Å². The van der Waals surface area contributed by atoms with E-state index >= 15 is 0 Å². The highest BCUT2D eigenvalue weighted by atomic mass is 16.5. The van der Waals surface area contributed by atoms with Crippen LogP contribution in [0.4, 0.5) is 11.4 Å². The van der Waals surface area contributed by atoms with Crippen LogP contribution >= 0.6 is 0 Å². The molecule has 2 aromatic rings. The van der Waals surface area contributed by atoms with Crippen LogP contribution in [0.3, 0.4) is 0 Å². The van der Waals surface area contributed by atoms with E-state index in [0.717, 1.165) is 24.4 Å². The van der Waals surface area contributed by atoms with Gasteiger partial charge in [0.05, 0.1) is 18.0 Å². The Balaban J connectivity index is 1.96. The number of nitrogen functional groups attached to an aromatic ring is 1. The van der Waals surface area contributed by atoms with Crippen LogP contribution in [0, 0.1) is 0 Å². The van der Waals surface area contributed by atoms with Crippen molar-refractivity contribution in [1.29, 1.82) is 0 Å². The summed E-state index contributed by atoms with van der Waals surface area (Å²) in [7, 11) is 1.94. The van der Waals surface area contributed by atoms with Gasteiger partial charge in [-0.3, -0.25) is 4.68 Å². The van der Waals surface area contributed by atoms with Gasteiger partial charge in [-0.2, -0.15) is 5.10 Å². The molecule has 19 heavy (non-hydrogen) atoms. The lowest BCUT2D eigenvalue weighted by molar-refractivity contribution is 0.342. The minimum Gasteiger partial charge on any atom is -0.492 e. The first-order chi connectivity index (χ1) is 9.22. The fourth-order valence-corrected chi connectivity index (χ4v) is 1.95. The quantitative estimate of drug-likeness (QED) is 0.780. The van der Waals surface area contributed by atoms with Crippen molar-refractivity contribution in [3.05, 3.63) is 36.2 Å². The molecule has 0 spiro atoms. The Morgan fingerprint density at radius 2 is 2.21 bits per heavy atom. The van der Waals surface area contributed by atoms with Crippen molar-refractivity contribution in [2.45, 2.75) is 13.3 Å². The Bertz CT molecular complexity index is 536. The molecule has 1 aromatic heterocycles. The number of hydrogen-bond donors (Lipinski definition) is 2. The number of aryl methyl sites for hydroxylation is 1. The van der Waals surface area contributed by atoms with Gasteiger partial charge in [0.1, 0.15) is 5.75 Å². The molecule has 0 saturated carbocycles. The summed E-state index contributed by atoms with van der Waals surface area (Å²) in [6.07, 6.45) is 2.70. The van der Waals surface area contributed by atoms with Crippen molar-refractivity contribution in [2.24, 2.45) is 7.05 Å². The van der Waals surface area contributed by atoms with E-state index in [4.69, 9.17) is 10.5 Å². The van der Waals surface area contributed by atoms with Gasteiger partial charge in [-0.15, -0.1) is 0 Å². The number of aromatic nitrogens is 2. The van der Waals surface area contributed by atoms with Crippen LogP contribution in [-0.2, 0) is 13.5 Å². The summed E-state index contributed by atoms with van der Waals surface area (Å²) in [5, 5.41) is 7.47. The SMILES string of the molecule is CCOc1cccc(NCCc2ccnn2C)c1N. The largest absolute Gasteiger partial charge is 0.492 e. The third-order valence-corrected chi connectivity index (χ3v) is 2.99. The molecule has 1 heterocycles. The van der Waals surface area contributed by atoms with Crippen molar-refractivity contribution < 1.29 is 4.74 Å². The van der Waals surface area contributed by atoms with Crippen molar-refractivity contribution in [3.63, 3.8) is 0 Å². The van der Waals surface area contributed by atoms with E-state index in [1.165, 1.54) is 5.69 Å². The van der Waals surface area contributed by atoms with Crippen LogP contribution in [0.15, 0.2) is 30.5 Å². The number of nitrogens with two attached hydrogens (primary N) is 1. The van der Waals surface area contributed by atoms with Crippen LogP contribution < -0.4 is 15.8 Å². The number of para-hydroxylation sites is 1. The summed E-state index contributed by atoms with van der Waals surface area (Å²) in [5.41, 5.74) is 8.81. The van der Waals surface area contributed by atoms with Crippen molar-refractivity contribution in [1.82, 2.24) is 9.78 Å². The monoisotopic (exact) mass is 260 g/mol. The summed E-state index contributed by atoms with van der Waals surface area (Å²) in [4.78, 5) is 0. The molecule has 0 aliphatic carbocycles. The molecule has 0 atom stereocenters. The second kappa shape index (κ2) is 6.13. The van der Waals surface area contributed by atoms with E-state index in [1.807, 2.05) is 42.9 Å². The molecular weight excluding hydrogens is 240 g/mol. The van der Waals surface area contributed by atoms with Gasteiger partial charge in [0, 0.05) is 31.9 Å². The highest BCUT2D eigenvalue weighted by Crippen LogP contribution is 2.29. The maximum atomic E-state index is 6.05. The van der Waals surface area contributed by atoms with Crippen LogP contribution in [0.25, 0.3) is 0 Å². The number of nitrogens with one attached hydrogen (secondary N) is 1. The molecular formula is C14H20N4O. The summed E-state index contributed by atoms with van der Waals surface area (Å²) < 4.78 is 7.35. The average Bonchev–Trinajstić information content (AvgIpc) is 2.80. The molecule has 3 N–H and O–H groups in total. The van der Waals surface area contributed by atoms with Crippen LogP contribution in [0.5, 0.6) is 5.75 Å². The minimum absolute atomic E-state index is 0.614. The van der Waals surface area contributed by atoms with Gasteiger partial charge in [-0.25, -0.2) is 0 Å². The predicted molar refractivity (Wildman–Crippen MR) is 77.4 cm³/mol. The van der Waals surface area contributed by atoms with E-state index in [-0.39, 0.29) is 0 Å². The second-order valence-corrected chi connectivity index (χ2v) is 4.27. The summed E-state index contributed by atoms with van der Waals surface area (Å²) in [6.45, 7) is 3.37. The van der Waals surface area contributed by atoms with Gasteiger partial charge in [-0.05, 0) is 25.1 Å². The molecule has 0 amide bonds. The number of benzene rings is 1. The highest BCUT2D eigenvalue weighted by Gasteiger charge is 2.05. The zero-order valence-electron chi connectivity index (χ0n) is 11.4. The molecule has 0 saturated heterocycles. The third-order valence-electron chi connectivity index (χ3n) is 2.99. The zero-order chi connectivity index (χ0) is 13.7. The molecule has 0 aliphatic rings. The molecule has 0 fully saturated rings. The number of rotatable bonds is 6. The maximum Gasteiger partial charge on any atom is 0.144 e. The van der Waals surface area contributed by atoms with Gasteiger partial charge in [0.2, 0.25) is 0 Å². The van der Waals surface area contributed by atoms with Crippen LogP contribution in [0.1, 0.15) is 12.6 Å². The highest BCUT2D eigenvalue weighted by molar-refractivity contribution is 5.72. The average molecular weight is 260 g/mol. The Labute approximate surface area is 113 Å². The summed E-state index contributed by atoms with van der Waals surface area (Å²) in [6, 6.07) is 7.79. The molecule has 2 rings (SSSR count). The Hall–Kier alpha value is -2.17. The van der Waals surface area contributed by atoms with Gasteiger partial charge in [-0.1, -0.05) is 6.07 Å². The summed E-state index contributed by atoms with van der Waals surface area (Å²) >= 11 is 0. The van der Waals surface area contributed by atoms with Crippen LogP contribution in [0.2, 0.25) is 0 Å². The van der Waals surface area contributed by atoms with Gasteiger partial charge < -0.3 is 15.8 Å². The lowest BCUT2D eigenvalue weighted by Crippen LogP contribution is -2.10. The molecule has 1 aromatic carbocycles. The summed E-state index contributed by atoms with van der Waals surface area (Å²) in [5.74, 6) is 0.730.